The second kappa shape index (κ2) is 5.28. The SMILES string of the molecule is C=C(Nc1ccc(C)c(Cl)c1)c1cccc(C)c1. The summed E-state index contributed by atoms with van der Waals surface area (Å²) in [7, 11) is 0. The Bertz CT molecular complexity index is 587. The fourth-order valence-corrected chi connectivity index (χ4v) is 1.93. The van der Waals surface area contributed by atoms with Crippen LogP contribution in [-0.4, -0.2) is 0 Å². The fourth-order valence-electron chi connectivity index (χ4n) is 1.75. The number of benzene rings is 2. The van der Waals surface area contributed by atoms with Gasteiger partial charge in [0.05, 0.1) is 0 Å². The molecule has 0 aliphatic rings. The highest BCUT2D eigenvalue weighted by molar-refractivity contribution is 6.31. The second-order valence-electron chi connectivity index (χ2n) is 4.44. The summed E-state index contributed by atoms with van der Waals surface area (Å²) in [6.07, 6.45) is 0. The van der Waals surface area contributed by atoms with Crippen LogP contribution in [0.25, 0.3) is 5.70 Å². The minimum Gasteiger partial charge on any atom is -0.355 e. The average molecular weight is 258 g/mol. The Balaban J connectivity index is 2.18. The van der Waals surface area contributed by atoms with Crippen molar-refractivity contribution in [2.45, 2.75) is 13.8 Å². The lowest BCUT2D eigenvalue weighted by atomic mass is 10.1. The zero-order chi connectivity index (χ0) is 13.1. The highest BCUT2D eigenvalue weighted by Gasteiger charge is 2.01. The molecule has 0 aliphatic heterocycles. The van der Waals surface area contributed by atoms with Gasteiger partial charge in [0.1, 0.15) is 0 Å². The molecule has 2 heteroatoms. The Labute approximate surface area is 113 Å². The quantitative estimate of drug-likeness (QED) is 0.812. The lowest BCUT2D eigenvalue weighted by Gasteiger charge is -2.11. The van der Waals surface area contributed by atoms with Gasteiger partial charge in [-0.25, -0.2) is 0 Å². The lowest BCUT2D eigenvalue weighted by Crippen LogP contribution is -1.97. The van der Waals surface area contributed by atoms with Crippen LogP contribution in [-0.2, 0) is 0 Å². The van der Waals surface area contributed by atoms with Crippen molar-refractivity contribution in [3.05, 3.63) is 70.8 Å². The first-order valence-corrected chi connectivity index (χ1v) is 6.23. The van der Waals surface area contributed by atoms with E-state index in [9.17, 15) is 0 Å². The van der Waals surface area contributed by atoms with E-state index in [0.29, 0.717) is 0 Å². The van der Waals surface area contributed by atoms with E-state index in [1.807, 2.05) is 37.3 Å². The normalized spacial score (nSPS) is 10.2. The van der Waals surface area contributed by atoms with Gasteiger partial charge in [0.2, 0.25) is 0 Å². The van der Waals surface area contributed by atoms with E-state index < -0.39 is 0 Å². The molecule has 0 saturated heterocycles. The summed E-state index contributed by atoms with van der Waals surface area (Å²) in [6, 6.07) is 14.1. The van der Waals surface area contributed by atoms with E-state index in [1.165, 1.54) is 5.56 Å². The summed E-state index contributed by atoms with van der Waals surface area (Å²) in [5.74, 6) is 0. The molecule has 1 nitrogen and oxygen atoms in total. The van der Waals surface area contributed by atoms with Crippen LogP contribution < -0.4 is 5.32 Å². The number of anilines is 1. The van der Waals surface area contributed by atoms with Gasteiger partial charge in [-0.2, -0.15) is 0 Å². The van der Waals surface area contributed by atoms with Crippen LogP contribution in [0.4, 0.5) is 5.69 Å². The minimum absolute atomic E-state index is 0.761. The number of halogens is 1. The van der Waals surface area contributed by atoms with Crippen molar-refractivity contribution < 1.29 is 0 Å². The zero-order valence-corrected chi connectivity index (χ0v) is 11.4. The first-order valence-electron chi connectivity index (χ1n) is 5.85. The molecule has 0 fully saturated rings. The van der Waals surface area contributed by atoms with Gasteiger partial charge in [-0.3, -0.25) is 0 Å². The second-order valence-corrected chi connectivity index (χ2v) is 4.84. The Morgan fingerprint density at radius 3 is 2.56 bits per heavy atom. The zero-order valence-electron chi connectivity index (χ0n) is 10.6. The van der Waals surface area contributed by atoms with Crippen LogP contribution >= 0.6 is 11.6 Å². The largest absolute Gasteiger partial charge is 0.355 e. The first-order chi connectivity index (χ1) is 8.56. The number of aryl methyl sites for hydroxylation is 2. The third-order valence-electron chi connectivity index (χ3n) is 2.83. The van der Waals surface area contributed by atoms with Crippen molar-refractivity contribution in [1.82, 2.24) is 0 Å². The van der Waals surface area contributed by atoms with Crippen molar-refractivity contribution >= 4 is 23.0 Å². The molecule has 18 heavy (non-hydrogen) atoms. The lowest BCUT2D eigenvalue weighted by molar-refractivity contribution is 1.43. The Kier molecular flexibility index (Phi) is 3.73. The molecule has 0 heterocycles. The van der Waals surface area contributed by atoms with E-state index in [-0.39, 0.29) is 0 Å². The third kappa shape index (κ3) is 2.93. The monoisotopic (exact) mass is 257 g/mol. The first kappa shape index (κ1) is 12.7. The molecular formula is C16H16ClN. The number of rotatable bonds is 3. The maximum atomic E-state index is 6.10. The van der Waals surface area contributed by atoms with E-state index in [0.717, 1.165) is 27.5 Å². The van der Waals surface area contributed by atoms with Gasteiger partial charge in [-0.15, -0.1) is 0 Å². The Morgan fingerprint density at radius 1 is 1.11 bits per heavy atom. The van der Waals surface area contributed by atoms with Crippen molar-refractivity contribution in [2.24, 2.45) is 0 Å². The maximum absolute atomic E-state index is 6.10. The molecule has 0 bridgehead atoms. The average Bonchev–Trinajstić information content (AvgIpc) is 2.34. The van der Waals surface area contributed by atoms with Crippen LogP contribution in [0.2, 0.25) is 5.02 Å². The molecular weight excluding hydrogens is 242 g/mol. The molecule has 0 amide bonds. The van der Waals surface area contributed by atoms with Crippen molar-refractivity contribution in [3.8, 4) is 0 Å². The summed E-state index contributed by atoms with van der Waals surface area (Å²) in [5, 5.41) is 4.04. The van der Waals surface area contributed by atoms with Gasteiger partial charge in [-0.05, 0) is 43.2 Å². The molecule has 1 N–H and O–H groups in total. The minimum atomic E-state index is 0.761. The molecule has 0 radical (unpaired) electrons. The topological polar surface area (TPSA) is 12.0 Å². The van der Waals surface area contributed by atoms with Crippen LogP contribution in [0.3, 0.4) is 0 Å². The van der Waals surface area contributed by atoms with Gasteiger partial charge in [-0.1, -0.05) is 48.0 Å². The highest BCUT2D eigenvalue weighted by atomic mass is 35.5. The van der Waals surface area contributed by atoms with Crippen LogP contribution in [0.15, 0.2) is 49.0 Å². The predicted molar refractivity (Wildman–Crippen MR) is 80.0 cm³/mol. The van der Waals surface area contributed by atoms with Gasteiger partial charge in [0.15, 0.2) is 0 Å². The summed E-state index contributed by atoms with van der Waals surface area (Å²) in [5.41, 5.74) is 5.21. The summed E-state index contributed by atoms with van der Waals surface area (Å²) < 4.78 is 0. The van der Waals surface area contributed by atoms with Crippen LogP contribution in [0.5, 0.6) is 0 Å². The molecule has 0 unspecified atom stereocenters. The molecule has 0 spiro atoms. The third-order valence-corrected chi connectivity index (χ3v) is 3.24. The Morgan fingerprint density at radius 2 is 1.89 bits per heavy atom. The molecule has 2 rings (SSSR count). The van der Waals surface area contributed by atoms with Crippen molar-refractivity contribution in [1.29, 1.82) is 0 Å². The molecule has 0 saturated carbocycles. The van der Waals surface area contributed by atoms with Gasteiger partial charge in [0.25, 0.3) is 0 Å². The molecule has 0 atom stereocenters. The summed E-state index contributed by atoms with van der Waals surface area (Å²) >= 11 is 6.10. The van der Waals surface area contributed by atoms with E-state index >= 15 is 0 Å². The molecule has 92 valence electrons. The molecule has 2 aromatic rings. The number of hydrogen-bond acceptors (Lipinski definition) is 1. The molecule has 2 aromatic carbocycles. The van der Waals surface area contributed by atoms with Gasteiger partial charge in [0, 0.05) is 16.4 Å². The predicted octanol–water partition coefficient (Wildman–Crippen LogP) is 5.04. The fraction of sp³-hybridized carbons (Fsp3) is 0.125. The van der Waals surface area contributed by atoms with E-state index in [4.69, 9.17) is 11.6 Å². The van der Waals surface area contributed by atoms with Crippen LogP contribution in [0.1, 0.15) is 16.7 Å². The smallest absolute Gasteiger partial charge is 0.0455 e. The van der Waals surface area contributed by atoms with E-state index in [2.05, 4.69) is 31.0 Å². The summed E-state index contributed by atoms with van der Waals surface area (Å²) in [6.45, 7) is 8.12. The molecule has 0 aliphatic carbocycles. The van der Waals surface area contributed by atoms with Crippen LogP contribution in [0, 0.1) is 13.8 Å². The maximum Gasteiger partial charge on any atom is 0.0455 e. The van der Waals surface area contributed by atoms with E-state index in [1.54, 1.807) is 0 Å². The summed E-state index contributed by atoms with van der Waals surface area (Å²) in [4.78, 5) is 0. The van der Waals surface area contributed by atoms with Gasteiger partial charge >= 0.3 is 0 Å². The number of nitrogens with one attached hydrogen (secondary N) is 1. The van der Waals surface area contributed by atoms with Crippen molar-refractivity contribution in [3.63, 3.8) is 0 Å². The standard InChI is InChI=1S/C16H16ClN/c1-11-5-4-6-14(9-11)13(3)18-15-8-7-12(2)16(17)10-15/h4-10,18H,3H2,1-2H3. The van der Waals surface area contributed by atoms with Gasteiger partial charge < -0.3 is 5.32 Å². The highest BCUT2D eigenvalue weighted by Crippen LogP contribution is 2.23. The van der Waals surface area contributed by atoms with Crippen molar-refractivity contribution in [2.75, 3.05) is 5.32 Å². The molecule has 0 aromatic heterocycles. The Hall–Kier alpha value is -1.73. The number of hydrogen-bond donors (Lipinski definition) is 1.